The highest BCUT2D eigenvalue weighted by atomic mass is 32.1. The van der Waals surface area contributed by atoms with Crippen LogP contribution in [-0.4, -0.2) is 12.2 Å². The molecule has 0 atom stereocenters. The Balaban J connectivity index is 2.16. The molecule has 1 aromatic heterocycles. The fourth-order valence-corrected chi connectivity index (χ4v) is 3.02. The van der Waals surface area contributed by atoms with Crippen LogP contribution in [0.15, 0.2) is 48.5 Å². The molecule has 90 valence electrons. The van der Waals surface area contributed by atoms with E-state index in [4.69, 9.17) is 4.74 Å². The molecule has 1 heterocycles. The zero-order valence-corrected chi connectivity index (χ0v) is 10.7. The molecule has 0 fully saturated rings. The van der Waals surface area contributed by atoms with E-state index in [0.717, 1.165) is 10.4 Å². The normalized spacial score (nSPS) is 10.7. The van der Waals surface area contributed by atoms with Crippen molar-refractivity contribution in [2.24, 2.45) is 0 Å². The number of rotatable bonds is 2. The van der Waals surface area contributed by atoms with Crippen LogP contribution in [0, 0.1) is 0 Å². The first-order valence-electron chi connectivity index (χ1n) is 5.63. The van der Waals surface area contributed by atoms with Gasteiger partial charge in [-0.3, -0.25) is 0 Å². The molecule has 18 heavy (non-hydrogen) atoms. The molecule has 3 aromatic rings. The molecule has 2 aromatic carbocycles. The van der Waals surface area contributed by atoms with E-state index in [0.29, 0.717) is 5.75 Å². The van der Waals surface area contributed by atoms with Gasteiger partial charge >= 0.3 is 0 Å². The molecule has 0 radical (unpaired) electrons. The minimum atomic E-state index is 0.224. The smallest absolute Gasteiger partial charge is 0.123 e. The van der Waals surface area contributed by atoms with Gasteiger partial charge in [0, 0.05) is 15.6 Å². The summed E-state index contributed by atoms with van der Waals surface area (Å²) in [4.78, 5) is 1.13. The third-order valence-corrected chi connectivity index (χ3v) is 4.00. The van der Waals surface area contributed by atoms with Gasteiger partial charge in [0.1, 0.15) is 11.5 Å². The summed E-state index contributed by atoms with van der Waals surface area (Å²) in [5.74, 6) is 0.893. The first-order chi connectivity index (χ1) is 8.76. The van der Waals surface area contributed by atoms with Gasteiger partial charge in [0.05, 0.1) is 7.11 Å². The zero-order valence-electron chi connectivity index (χ0n) is 9.88. The minimum absolute atomic E-state index is 0.224. The number of phenols is 1. The zero-order chi connectivity index (χ0) is 12.5. The van der Waals surface area contributed by atoms with E-state index in [1.165, 1.54) is 10.1 Å². The highest BCUT2D eigenvalue weighted by Gasteiger charge is 2.07. The van der Waals surface area contributed by atoms with Crippen molar-refractivity contribution >= 4 is 21.4 Å². The second-order valence-electron chi connectivity index (χ2n) is 4.07. The van der Waals surface area contributed by atoms with Crippen LogP contribution in [0.2, 0.25) is 0 Å². The average molecular weight is 256 g/mol. The summed E-state index contributed by atoms with van der Waals surface area (Å²) in [7, 11) is 1.60. The lowest BCUT2D eigenvalue weighted by atomic mass is 10.1. The summed E-state index contributed by atoms with van der Waals surface area (Å²) < 4.78 is 6.42. The van der Waals surface area contributed by atoms with Crippen LogP contribution in [0.1, 0.15) is 0 Å². The largest absolute Gasteiger partial charge is 0.508 e. The number of aromatic hydroxyl groups is 1. The summed E-state index contributed by atoms with van der Waals surface area (Å²) in [5, 5.41) is 10.9. The number of phenolic OH excluding ortho intramolecular Hbond substituents is 1. The number of fused-ring (bicyclic) bond motifs is 1. The Kier molecular flexibility index (Phi) is 2.68. The Labute approximate surface area is 109 Å². The van der Waals surface area contributed by atoms with E-state index in [-0.39, 0.29) is 5.75 Å². The summed E-state index contributed by atoms with van der Waals surface area (Å²) in [6.45, 7) is 0. The minimum Gasteiger partial charge on any atom is -0.508 e. The maximum Gasteiger partial charge on any atom is 0.123 e. The molecule has 1 N–H and O–H groups in total. The quantitative estimate of drug-likeness (QED) is 0.741. The van der Waals surface area contributed by atoms with Gasteiger partial charge in [0.25, 0.3) is 0 Å². The molecular weight excluding hydrogens is 244 g/mol. The number of hydrogen-bond donors (Lipinski definition) is 1. The van der Waals surface area contributed by atoms with Crippen molar-refractivity contribution in [1.82, 2.24) is 0 Å². The summed E-state index contributed by atoms with van der Waals surface area (Å²) >= 11 is 1.71. The third kappa shape index (κ3) is 1.93. The van der Waals surface area contributed by atoms with Gasteiger partial charge in [-0.05, 0) is 35.2 Å². The maximum atomic E-state index is 9.69. The fraction of sp³-hybridized carbons (Fsp3) is 0.0667. The lowest BCUT2D eigenvalue weighted by molar-refractivity contribution is 0.408. The Morgan fingerprint density at radius 3 is 2.67 bits per heavy atom. The highest BCUT2D eigenvalue weighted by Crippen LogP contribution is 2.36. The molecule has 3 heteroatoms. The van der Waals surface area contributed by atoms with Gasteiger partial charge in [-0.1, -0.05) is 18.2 Å². The molecule has 3 rings (SSSR count). The maximum absolute atomic E-state index is 9.69. The summed E-state index contributed by atoms with van der Waals surface area (Å²) in [5.41, 5.74) is 0.980. The molecule has 0 saturated heterocycles. The van der Waals surface area contributed by atoms with Crippen molar-refractivity contribution in [3.05, 3.63) is 48.5 Å². The lowest BCUT2D eigenvalue weighted by Gasteiger charge is -2.03. The molecule has 2 nitrogen and oxygen atoms in total. The van der Waals surface area contributed by atoms with E-state index in [1.807, 2.05) is 18.2 Å². The molecule has 0 aliphatic carbocycles. The SMILES string of the molecule is COc1cc(O)cc(-c2cc3ccccc3s2)c1. The van der Waals surface area contributed by atoms with Crippen molar-refractivity contribution in [2.45, 2.75) is 0 Å². The molecule has 0 spiro atoms. The number of thiophene rings is 1. The van der Waals surface area contributed by atoms with E-state index in [9.17, 15) is 5.11 Å². The summed E-state index contributed by atoms with van der Waals surface area (Å²) in [6.07, 6.45) is 0. The second-order valence-corrected chi connectivity index (χ2v) is 5.15. The van der Waals surface area contributed by atoms with Crippen molar-refractivity contribution in [3.8, 4) is 21.9 Å². The van der Waals surface area contributed by atoms with E-state index < -0.39 is 0 Å². The van der Waals surface area contributed by atoms with Gasteiger partial charge in [0.15, 0.2) is 0 Å². The molecular formula is C15H12O2S. The van der Waals surface area contributed by atoms with Crippen molar-refractivity contribution in [2.75, 3.05) is 7.11 Å². The van der Waals surface area contributed by atoms with E-state index in [1.54, 1.807) is 30.6 Å². The Bertz CT molecular complexity index is 668. The molecule has 0 aliphatic rings. The van der Waals surface area contributed by atoms with E-state index in [2.05, 4.69) is 18.2 Å². The highest BCUT2D eigenvalue weighted by molar-refractivity contribution is 7.22. The second kappa shape index (κ2) is 4.35. The molecule has 0 unspecified atom stereocenters. The Morgan fingerprint density at radius 2 is 1.89 bits per heavy atom. The van der Waals surface area contributed by atoms with Crippen LogP contribution in [0.25, 0.3) is 20.5 Å². The average Bonchev–Trinajstić information content (AvgIpc) is 2.81. The standard InChI is InChI=1S/C15H12O2S/c1-17-13-7-11(6-12(16)9-13)15-8-10-4-2-3-5-14(10)18-15/h2-9,16H,1H3. The lowest BCUT2D eigenvalue weighted by Crippen LogP contribution is -1.83. The predicted molar refractivity (Wildman–Crippen MR) is 75.5 cm³/mol. The topological polar surface area (TPSA) is 29.5 Å². The van der Waals surface area contributed by atoms with Gasteiger partial charge in [-0.15, -0.1) is 11.3 Å². The van der Waals surface area contributed by atoms with Crippen molar-refractivity contribution in [1.29, 1.82) is 0 Å². The Hall–Kier alpha value is -2.00. The van der Waals surface area contributed by atoms with Gasteiger partial charge < -0.3 is 9.84 Å². The van der Waals surface area contributed by atoms with Crippen LogP contribution in [0.3, 0.4) is 0 Å². The third-order valence-electron chi connectivity index (χ3n) is 2.84. The van der Waals surface area contributed by atoms with Gasteiger partial charge in [-0.25, -0.2) is 0 Å². The van der Waals surface area contributed by atoms with Crippen LogP contribution >= 0.6 is 11.3 Å². The van der Waals surface area contributed by atoms with Crippen molar-refractivity contribution in [3.63, 3.8) is 0 Å². The Morgan fingerprint density at radius 1 is 1.06 bits per heavy atom. The predicted octanol–water partition coefficient (Wildman–Crippen LogP) is 4.28. The number of benzene rings is 2. The monoisotopic (exact) mass is 256 g/mol. The number of ether oxygens (including phenoxy) is 1. The molecule has 0 amide bonds. The molecule has 0 bridgehead atoms. The molecule has 0 aliphatic heterocycles. The number of methoxy groups -OCH3 is 1. The van der Waals surface area contributed by atoms with Crippen LogP contribution in [0.5, 0.6) is 11.5 Å². The first kappa shape index (κ1) is 11.1. The van der Waals surface area contributed by atoms with Gasteiger partial charge in [0.2, 0.25) is 0 Å². The van der Waals surface area contributed by atoms with Crippen LogP contribution in [-0.2, 0) is 0 Å². The number of hydrogen-bond acceptors (Lipinski definition) is 3. The van der Waals surface area contributed by atoms with Gasteiger partial charge in [-0.2, -0.15) is 0 Å². The van der Waals surface area contributed by atoms with Crippen LogP contribution < -0.4 is 4.74 Å². The summed E-state index contributed by atoms with van der Waals surface area (Å²) in [6, 6.07) is 15.7. The van der Waals surface area contributed by atoms with Crippen LogP contribution in [0.4, 0.5) is 0 Å². The van der Waals surface area contributed by atoms with Crippen molar-refractivity contribution < 1.29 is 9.84 Å². The fourth-order valence-electron chi connectivity index (χ4n) is 1.97. The molecule has 0 saturated carbocycles. The first-order valence-corrected chi connectivity index (χ1v) is 6.45. The van der Waals surface area contributed by atoms with E-state index >= 15 is 0 Å².